The molecule has 0 spiro atoms. The van der Waals surface area contributed by atoms with Gasteiger partial charge >= 0.3 is 0 Å². The molecule has 1 aliphatic carbocycles. The van der Waals surface area contributed by atoms with E-state index in [1.807, 2.05) is 6.92 Å². The fraction of sp³-hybridized carbons (Fsp3) is 0.286. The summed E-state index contributed by atoms with van der Waals surface area (Å²) in [6, 6.07) is 8.96. The number of nitrogens with zero attached hydrogens (tertiary/aromatic N) is 2. The summed E-state index contributed by atoms with van der Waals surface area (Å²) in [4.78, 5) is 8.21. The van der Waals surface area contributed by atoms with Crippen LogP contribution in [-0.2, 0) is 12.8 Å². The Hall–Kier alpha value is -1.61. The van der Waals surface area contributed by atoms with Crippen molar-refractivity contribution in [3.63, 3.8) is 0 Å². The molecule has 3 nitrogen and oxygen atoms in total. The highest BCUT2D eigenvalue weighted by atomic mass is 35.5. The van der Waals surface area contributed by atoms with E-state index in [9.17, 15) is 0 Å². The molecule has 0 amide bonds. The van der Waals surface area contributed by atoms with Crippen LogP contribution in [0.1, 0.15) is 16.7 Å². The van der Waals surface area contributed by atoms with Crippen molar-refractivity contribution in [1.82, 2.24) is 9.97 Å². The molecule has 2 aromatic rings. The molecule has 18 heavy (non-hydrogen) atoms. The van der Waals surface area contributed by atoms with E-state index in [2.05, 4.69) is 39.6 Å². The van der Waals surface area contributed by atoms with E-state index in [4.69, 9.17) is 11.6 Å². The summed E-state index contributed by atoms with van der Waals surface area (Å²) in [5, 5.41) is 3.75. The Labute approximate surface area is 111 Å². The molecule has 92 valence electrons. The molecule has 1 aromatic heterocycles. The quantitative estimate of drug-likeness (QED) is 0.843. The summed E-state index contributed by atoms with van der Waals surface area (Å²) in [6.45, 7) is 1.99. The number of hydrogen-bond acceptors (Lipinski definition) is 3. The lowest BCUT2D eigenvalue weighted by molar-refractivity contribution is 0.766. The molecule has 0 saturated heterocycles. The van der Waals surface area contributed by atoms with Gasteiger partial charge in [-0.15, -0.1) is 0 Å². The van der Waals surface area contributed by atoms with Crippen molar-refractivity contribution in [2.75, 3.05) is 5.32 Å². The normalized spacial score (nSPS) is 14.6. The predicted molar refractivity (Wildman–Crippen MR) is 73.0 cm³/mol. The van der Waals surface area contributed by atoms with Gasteiger partial charge in [-0.2, -0.15) is 0 Å². The fourth-order valence-corrected chi connectivity index (χ4v) is 2.55. The van der Waals surface area contributed by atoms with Gasteiger partial charge in [-0.25, -0.2) is 9.97 Å². The molecule has 1 heterocycles. The standard InChI is InChI=1S/C14H14ClN3/c1-9-8-16-14(15)18-13(9)17-12-6-10-4-2-3-5-11(10)7-12/h2-5,8,12H,6-7H2,1H3,(H,16,17,18). The number of hydrogen-bond donors (Lipinski definition) is 1. The molecule has 1 N–H and O–H groups in total. The second kappa shape index (κ2) is 4.58. The molecule has 1 aliphatic rings. The first kappa shape index (κ1) is 11.5. The van der Waals surface area contributed by atoms with Gasteiger partial charge in [0.25, 0.3) is 0 Å². The van der Waals surface area contributed by atoms with E-state index in [-0.39, 0.29) is 0 Å². The Kier molecular flexibility index (Phi) is 2.92. The number of anilines is 1. The third-order valence-corrected chi connectivity index (χ3v) is 3.52. The van der Waals surface area contributed by atoms with Crippen molar-refractivity contribution >= 4 is 17.4 Å². The highest BCUT2D eigenvalue weighted by Crippen LogP contribution is 2.25. The van der Waals surface area contributed by atoms with Crippen LogP contribution >= 0.6 is 11.6 Å². The van der Waals surface area contributed by atoms with Crippen LogP contribution in [0.15, 0.2) is 30.5 Å². The molecule has 0 radical (unpaired) electrons. The van der Waals surface area contributed by atoms with Gasteiger partial charge in [-0.1, -0.05) is 24.3 Å². The zero-order chi connectivity index (χ0) is 12.5. The first-order chi connectivity index (χ1) is 8.72. The fourth-order valence-electron chi connectivity index (χ4n) is 2.42. The zero-order valence-electron chi connectivity index (χ0n) is 10.2. The molecule has 0 saturated carbocycles. The number of nitrogens with one attached hydrogen (secondary N) is 1. The Morgan fingerprint density at radius 3 is 2.56 bits per heavy atom. The largest absolute Gasteiger partial charge is 0.366 e. The number of fused-ring (bicyclic) bond motifs is 1. The van der Waals surface area contributed by atoms with Gasteiger partial charge in [-0.05, 0) is 42.5 Å². The van der Waals surface area contributed by atoms with Gasteiger partial charge in [0.1, 0.15) is 5.82 Å². The number of halogens is 1. The molecule has 4 heteroatoms. The van der Waals surface area contributed by atoms with Crippen molar-refractivity contribution in [1.29, 1.82) is 0 Å². The zero-order valence-corrected chi connectivity index (χ0v) is 10.9. The topological polar surface area (TPSA) is 37.8 Å². The maximum absolute atomic E-state index is 5.83. The Morgan fingerprint density at radius 2 is 1.89 bits per heavy atom. The van der Waals surface area contributed by atoms with Crippen molar-refractivity contribution in [2.45, 2.75) is 25.8 Å². The molecule has 0 fully saturated rings. The molecule has 0 unspecified atom stereocenters. The monoisotopic (exact) mass is 259 g/mol. The van der Waals surface area contributed by atoms with Crippen molar-refractivity contribution in [3.8, 4) is 0 Å². The van der Waals surface area contributed by atoms with Crippen LogP contribution in [0.3, 0.4) is 0 Å². The maximum atomic E-state index is 5.83. The minimum Gasteiger partial charge on any atom is -0.366 e. The van der Waals surface area contributed by atoms with Gasteiger partial charge in [-0.3, -0.25) is 0 Å². The Balaban J connectivity index is 1.78. The van der Waals surface area contributed by atoms with E-state index in [0.717, 1.165) is 24.2 Å². The van der Waals surface area contributed by atoms with E-state index in [1.54, 1.807) is 6.20 Å². The van der Waals surface area contributed by atoms with E-state index in [1.165, 1.54) is 11.1 Å². The van der Waals surface area contributed by atoms with Crippen LogP contribution in [-0.4, -0.2) is 16.0 Å². The van der Waals surface area contributed by atoms with Crippen molar-refractivity contribution in [3.05, 3.63) is 52.4 Å². The summed E-state index contributed by atoms with van der Waals surface area (Å²) in [7, 11) is 0. The lowest BCUT2D eigenvalue weighted by Gasteiger charge is -2.14. The van der Waals surface area contributed by atoms with Gasteiger partial charge in [0.05, 0.1) is 0 Å². The van der Waals surface area contributed by atoms with Crippen molar-refractivity contribution in [2.24, 2.45) is 0 Å². The van der Waals surface area contributed by atoms with E-state index >= 15 is 0 Å². The lowest BCUT2D eigenvalue weighted by atomic mass is 10.1. The van der Waals surface area contributed by atoms with Crippen LogP contribution in [0.25, 0.3) is 0 Å². The number of aromatic nitrogens is 2. The molecule has 3 rings (SSSR count). The van der Waals surface area contributed by atoms with Crippen LogP contribution in [0.2, 0.25) is 5.28 Å². The van der Waals surface area contributed by atoms with Crippen LogP contribution in [0.5, 0.6) is 0 Å². The molecule has 0 bridgehead atoms. The second-order valence-electron chi connectivity index (χ2n) is 4.69. The summed E-state index contributed by atoms with van der Waals surface area (Å²) < 4.78 is 0. The third kappa shape index (κ3) is 2.18. The number of benzene rings is 1. The summed E-state index contributed by atoms with van der Waals surface area (Å²) >= 11 is 5.83. The Bertz CT molecular complexity index is 558. The minimum absolute atomic E-state index is 0.290. The molecule has 0 atom stereocenters. The average Bonchev–Trinajstić information content (AvgIpc) is 2.76. The van der Waals surface area contributed by atoms with Gasteiger partial charge in [0.15, 0.2) is 0 Å². The van der Waals surface area contributed by atoms with Crippen molar-refractivity contribution < 1.29 is 0 Å². The third-order valence-electron chi connectivity index (χ3n) is 3.33. The molecule has 0 aliphatic heterocycles. The molecule has 1 aromatic carbocycles. The first-order valence-corrected chi connectivity index (χ1v) is 6.42. The summed E-state index contributed by atoms with van der Waals surface area (Å²) in [6.07, 6.45) is 3.83. The average molecular weight is 260 g/mol. The molecular formula is C14H14ClN3. The van der Waals surface area contributed by atoms with Crippen LogP contribution in [0, 0.1) is 6.92 Å². The first-order valence-electron chi connectivity index (χ1n) is 6.05. The van der Waals surface area contributed by atoms with Gasteiger partial charge < -0.3 is 5.32 Å². The van der Waals surface area contributed by atoms with Crippen LogP contribution in [0.4, 0.5) is 5.82 Å². The lowest BCUT2D eigenvalue weighted by Crippen LogP contribution is -2.21. The number of rotatable bonds is 2. The van der Waals surface area contributed by atoms with Crippen LogP contribution < -0.4 is 5.32 Å². The SMILES string of the molecule is Cc1cnc(Cl)nc1NC1Cc2ccccc2C1. The highest BCUT2D eigenvalue weighted by molar-refractivity contribution is 6.28. The Morgan fingerprint density at radius 1 is 1.22 bits per heavy atom. The van der Waals surface area contributed by atoms with E-state index < -0.39 is 0 Å². The summed E-state index contributed by atoms with van der Waals surface area (Å²) in [5.41, 5.74) is 3.87. The number of aryl methyl sites for hydroxylation is 1. The highest BCUT2D eigenvalue weighted by Gasteiger charge is 2.21. The predicted octanol–water partition coefficient (Wildman–Crippen LogP) is 3.02. The van der Waals surface area contributed by atoms with Gasteiger partial charge in [0.2, 0.25) is 5.28 Å². The smallest absolute Gasteiger partial charge is 0.224 e. The minimum atomic E-state index is 0.290. The summed E-state index contributed by atoms with van der Waals surface area (Å²) in [5.74, 6) is 0.841. The van der Waals surface area contributed by atoms with E-state index in [0.29, 0.717) is 11.3 Å². The van der Waals surface area contributed by atoms with Gasteiger partial charge in [0, 0.05) is 17.8 Å². The maximum Gasteiger partial charge on any atom is 0.224 e. The molecular weight excluding hydrogens is 246 g/mol. The second-order valence-corrected chi connectivity index (χ2v) is 5.03.